The Balaban J connectivity index is 1.33. The SMILES string of the molecule is CO[C@@H]1Cc2c(O)cc(O)c(Cc3c(O)cc(O)c4c3O[C@H](c3cc(O)c(O)c(O)c3)[C@H](OC(=O)c3cc(O)c(O)c(O)c3)C4)c2O[C@@H]1c1cc(O)c(O)c(O)c1. The van der Waals surface area contributed by atoms with E-state index >= 15 is 0 Å². The molecule has 0 amide bonds. The van der Waals surface area contributed by atoms with Crippen LogP contribution in [0.15, 0.2) is 48.5 Å². The minimum atomic E-state index is -1.49. The maximum atomic E-state index is 13.3. The first-order chi connectivity index (χ1) is 27.0. The van der Waals surface area contributed by atoms with Gasteiger partial charge in [-0.1, -0.05) is 0 Å². The molecule has 298 valence electrons. The number of phenols is 13. The maximum absolute atomic E-state index is 13.3. The predicted molar refractivity (Wildman–Crippen MR) is 191 cm³/mol. The van der Waals surface area contributed by atoms with E-state index in [-0.39, 0.29) is 63.5 Å². The highest BCUT2D eigenvalue weighted by Crippen LogP contribution is 2.53. The summed E-state index contributed by atoms with van der Waals surface area (Å²) in [5.41, 5.74) is -0.354. The molecule has 0 spiro atoms. The van der Waals surface area contributed by atoms with Crippen molar-refractivity contribution in [3.63, 3.8) is 0 Å². The molecule has 7 rings (SSSR count). The van der Waals surface area contributed by atoms with Crippen molar-refractivity contribution in [2.24, 2.45) is 0 Å². The van der Waals surface area contributed by atoms with E-state index in [1.807, 2.05) is 0 Å². The van der Waals surface area contributed by atoms with Gasteiger partial charge in [0.1, 0.15) is 46.7 Å². The second-order valence-electron chi connectivity index (χ2n) is 13.5. The summed E-state index contributed by atoms with van der Waals surface area (Å²) in [6, 6.07) is 7.87. The van der Waals surface area contributed by atoms with E-state index in [4.69, 9.17) is 18.9 Å². The van der Waals surface area contributed by atoms with Gasteiger partial charge in [0.25, 0.3) is 0 Å². The molecule has 5 aromatic rings. The van der Waals surface area contributed by atoms with Crippen LogP contribution in [0, 0.1) is 0 Å². The standard InChI is InChI=1S/C39H34O18/c1-54-30-9-18-22(42)11-20(40)16(37(18)56-35(30)13-2-24(44)32(50)25(45)3-13)8-17-21(41)12-23(43)19-10-31(55-39(53)15-6-28(48)34(52)29(49)7-15)36(57-38(17)19)14-4-26(46)33(51)27(47)5-14/h2-7,11-12,30-31,35-36,40-52H,8-10H2,1H3/t30-,31-,35-,36-/m1/s1. The van der Waals surface area contributed by atoms with E-state index < -0.39 is 111 Å². The first-order valence-electron chi connectivity index (χ1n) is 16.9. The fourth-order valence-electron chi connectivity index (χ4n) is 7.04. The molecule has 18 nitrogen and oxygen atoms in total. The number of ether oxygens (including phenoxy) is 4. The number of methoxy groups -OCH3 is 1. The van der Waals surface area contributed by atoms with E-state index in [0.29, 0.717) is 0 Å². The third-order valence-corrected chi connectivity index (χ3v) is 9.92. The Hall–Kier alpha value is -7.47. The van der Waals surface area contributed by atoms with Crippen molar-refractivity contribution in [2.45, 2.75) is 43.7 Å². The lowest BCUT2D eigenvalue weighted by molar-refractivity contribution is -0.0193. The van der Waals surface area contributed by atoms with Gasteiger partial charge in [0, 0.05) is 71.9 Å². The molecule has 0 radical (unpaired) electrons. The molecule has 5 aromatic carbocycles. The number of carbonyl (C=O) groups excluding carboxylic acids is 1. The lowest BCUT2D eigenvalue weighted by Gasteiger charge is -2.36. The molecule has 0 aromatic heterocycles. The average molecular weight is 791 g/mol. The van der Waals surface area contributed by atoms with Gasteiger partial charge in [-0.15, -0.1) is 0 Å². The lowest BCUT2D eigenvalue weighted by Crippen LogP contribution is -2.35. The number of benzene rings is 5. The van der Waals surface area contributed by atoms with Crippen LogP contribution < -0.4 is 9.47 Å². The zero-order valence-corrected chi connectivity index (χ0v) is 29.4. The summed E-state index contributed by atoms with van der Waals surface area (Å²) < 4.78 is 23.9. The van der Waals surface area contributed by atoms with E-state index in [1.54, 1.807) is 0 Å². The molecule has 57 heavy (non-hydrogen) atoms. The molecule has 0 bridgehead atoms. The number of hydrogen-bond donors (Lipinski definition) is 13. The van der Waals surface area contributed by atoms with Crippen LogP contribution in [0.4, 0.5) is 0 Å². The third kappa shape index (κ3) is 6.56. The molecule has 0 unspecified atom stereocenters. The predicted octanol–water partition coefficient (Wildman–Crippen LogP) is 4.04. The largest absolute Gasteiger partial charge is 0.507 e. The van der Waals surface area contributed by atoms with Crippen molar-refractivity contribution in [1.29, 1.82) is 0 Å². The second-order valence-corrected chi connectivity index (χ2v) is 13.5. The normalized spacial score (nSPS) is 18.5. The van der Waals surface area contributed by atoms with Gasteiger partial charge in [-0.05, 0) is 36.4 Å². The second kappa shape index (κ2) is 14.0. The van der Waals surface area contributed by atoms with E-state index in [9.17, 15) is 71.2 Å². The Morgan fingerprint density at radius 1 is 0.526 bits per heavy atom. The van der Waals surface area contributed by atoms with Gasteiger partial charge in [0.05, 0.1) is 5.56 Å². The lowest BCUT2D eigenvalue weighted by atomic mass is 9.88. The highest BCUT2D eigenvalue weighted by atomic mass is 16.6. The summed E-state index contributed by atoms with van der Waals surface area (Å²) in [6.45, 7) is 0. The summed E-state index contributed by atoms with van der Waals surface area (Å²) >= 11 is 0. The molecule has 0 fully saturated rings. The summed E-state index contributed by atoms with van der Waals surface area (Å²) in [4.78, 5) is 13.3. The summed E-state index contributed by atoms with van der Waals surface area (Å²) in [5.74, 6) is -10.7. The van der Waals surface area contributed by atoms with Gasteiger partial charge >= 0.3 is 5.97 Å². The Kier molecular flexibility index (Phi) is 9.28. The highest BCUT2D eigenvalue weighted by Gasteiger charge is 2.41. The van der Waals surface area contributed by atoms with Gasteiger partial charge < -0.3 is 85.3 Å². The molecule has 0 aliphatic carbocycles. The monoisotopic (exact) mass is 790 g/mol. The fraction of sp³-hybridized carbons (Fsp3) is 0.205. The van der Waals surface area contributed by atoms with Crippen LogP contribution in [-0.2, 0) is 28.7 Å². The number of esters is 1. The number of fused-ring (bicyclic) bond motifs is 2. The first kappa shape index (κ1) is 37.8. The van der Waals surface area contributed by atoms with Gasteiger partial charge in [-0.3, -0.25) is 0 Å². The van der Waals surface area contributed by atoms with Crippen LogP contribution in [0.1, 0.15) is 55.9 Å². The van der Waals surface area contributed by atoms with Crippen molar-refractivity contribution in [2.75, 3.05) is 7.11 Å². The number of phenolic OH excluding ortho intramolecular Hbond substituents is 13. The van der Waals surface area contributed by atoms with Crippen LogP contribution in [0.5, 0.6) is 86.2 Å². The van der Waals surface area contributed by atoms with Crippen LogP contribution in [0.3, 0.4) is 0 Å². The minimum Gasteiger partial charge on any atom is -0.507 e. The van der Waals surface area contributed by atoms with Crippen molar-refractivity contribution < 1.29 is 90.1 Å². The highest BCUT2D eigenvalue weighted by molar-refractivity contribution is 5.91. The minimum absolute atomic E-state index is 0.0293. The summed E-state index contributed by atoms with van der Waals surface area (Å²) in [7, 11) is 1.36. The topological polar surface area (TPSA) is 317 Å². The first-order valence-corrected chi connectivity index (χ1v) is 16.9. The van der Waals surface area contributed by atoms with Crippen molar-refractivity contribution in [3.05, 3.63) is 87.5 Å². The number of hydrogen-bond acceptors (Lipinski definition) is 18. The Morgan fingerprint density at radius 2 is 0.895 bits per heavy atom. The average Bonchev–Trinajstić information content (AvgIpc) is 3.16. The smallest absolute Gasteiger partial charge is 0.338 e. The molecule has 4 atom stereocenters. The van der Waals surface area contributed by atoms with Crippen LogP contribution >= 0.6 is 0 Å². The molecule has 13 N–H and O–H groups in total. The molecule has 2 heterocycles. The number of carbonyl (C=O) groups is 1. The van der Waals surface area contributed by atoms with E-state index in [2.05, 4.69) is 0 Å². The summed E-state index contributed by atoms with van der Waals surface area (Å²) in [6.07, 6.45) is -5.72. The molecular weight excluding hydrogens is 756 g/mol. The van der Waals surface area contributed by atoms with Gasteiger partial charge in [-0.2, -0.15) is 0 Å². The van der Waals surface area contributed by atoms with Gasteiger partial charge in [-0.25, -0.2) is 4.79 Å². The Morgan fingerprint density at radius 3 is 1.30 bits per heavy atom. The van der Waals surface area contributed by atoms with E-state index in [1.165, 1.54) is 7.11 Å². The Bertz CT molecular complexity index is 2390. The molecular formula is C39H34O18. The van der Waals surface area contributed by atoms with Crippen molar-refractivity contribution >= 4 is 5.97 Å². The molecule has 18 heteroatoms. The van der Waals surface area contributed by atoms with E-state index in [0.717, 1.165) is 48.5 Å². The van der Waals surface area contributed by atoms with Crippen LogP contribution in [0.25, 0.3) is 0 Å². The number of rotatable bonds is 7. The molecule has 0 saturated carbocycles. The molecule has 2 aliphatic heterocycles. The Labute approximate surface area is 320 Å². The molecule has 2 aliphatic rings. The quantitative estimate of drug-likeness (QED) is 0.0817. The van der Waals surface area contributed by atoms with Gasteiger partial charge in [0.15, 0.2) is 64.0 Å². The fourth-order valence-corrected chi connectivity index (χ4v) is 7.04. The third-order valence-electron chi connectivity index (χ3n) is 9.92. The zero-order valence-electron chi connectivity index (χ0n) is 29.4. The van der Waals surface area contributed by atoms with Crippen molar-refractivity contribution in [3.8, 4) is 86.2 Å². The summed E-state index contributed by atoms with van der Waals surface area (Å²) in [5, 5.41) is 135. The zero-order chi connectivity index (χ0) is 41.2. The van der Waals surface area contributed by atoms with Gasteiger partial charge in [0.2, 0.25) is 0 Å². The molecule has 0 saturated heterocycles. The maximum Gasteiger partial charge on any atom is 0.338 e. The van der Waals surface area contributed by atoms with Crippen molar-refractivity contribution in [1.82, 2.24) is 0 Å². The number of aromatic hydroxyl groups is 13. The van der Waals surface area contributed by atoms with Crippen LogP contribution in [-0.4, -0.2) is 91.7 Å². The van der Waals surface area contributed by atoms with Crippen LogP contribution in [0.2, 0.25) is 0 Å².